The lowest BCUT2D eigenvalue weighted by Gasteiger charge is -2.08. The molecule has 0 aliphatic carbocycles. The van der Waals surface area contributed by atoms with Crippen molar-refractivity contribution in [1.82, 2.24) is 14.3 Å². The number of rotatable bonds is 5. The van der Waals surface area contributed by atoms with Crippen molar-refractivity contribution in [2.45, 2.75) is 39.5 Å². The van der Waals surface area contributed by atoms with Crippen molar-refractivity contribution in [3.63, 3.8) is 0 Å². The number of aromatic nitrogens is 3. The minimum Gasteiger partial charge on any atom is -0.392 e. The van der Waals surface area contributed by atoms with Crippen LogP contribution in [0.4, 0.5) is 0 Å². The largest absolute Gasteiger partial charge is 0.392 e. The SMILES string of the molecule is CCC(C)n1ccc(Cn2ccc3c(CO)cccc32)n1. The van der Waals surface area contributed by atoms with Crippen LogP contribution in [-0.2, 0) is 13.2 Å². The van der Waals surface area contributed by atoms with Crippen molar-refractivity contribution in [3.05, 3.63) is 54.0 Å². The fraction of sp³-hybridized carbons (Fsp3) is 0.353. The molecular weight excluding hydrogens is 262 g/mol. The molecule has 1 N–H and O–H groups in total. The van der Waals surface area contributed by atoms with Crippen LogP contribution in [0.5, 0.6) is 0 Å². The highest BCUT2D eigenvalue weighted by molar-refractivity contribution is 5.83. The number of aliphatic hydroxyl groups is 1. The van der Waals surface area contributed by atoms with Gasteiger partial charge >= 0.3 is 0 Å². The Hall–Kier alpha value is -2.07. The third kappa shape index (κ3) is 2.59. The predicted molar refractivity (Wildman–Crippen MR) is 84.2 cm³/mol. The molecule has 1 unspecified atom stereocenters. The van der Waals surface area contributed by atoms with E-state index in [4.69, 9.17) is 0 Å². The summed E-state index contributed by atoms with van der Waals surface area (Å²) in [6.07, 6.45) is 5.19. The van der Waals surface area contributed by atoms with Gasteiger partial charge in [0.15, 0.2) is 0 Å². The van der Waals surface area contributed by atoms with Gasteiger partial charge in [-0.2, -0.15) is 5.10 Å². The standard InChI is InChI=1S/C17H21N3O/c1-3-13(2)20-10-7-15(18-20)11-19-9-8-16-14(12-21)5-4-6-17(16)19/h4-10,13,21H,3,11-12H2,1-2H3. The van der Waals surface area contributed by atoms with E-state index in [9.17, 15) is 5.11 Å². The molecule has 4 nitrogen and oxygen atoms in total. The number of hydrogen-bond donors (Lipinski definition) is 1. The van der Waals surface area contributed by atoms with E-state index in [1.807, 2.05) is 23.0 Å². The van der Waals surface area contributed by atoms with Gasteiger partial charge in [-0.3, -0.25) is 4.68 Å². The van der Waals surface area contributed by atoms with Crippen molar-refractivity contribution in [3.8, 4) is 0 Å². The van der Waals surface area contributed by atoms with Crippen LogP contribution in [-0.4, -0.2) is 19.5 Å². The van der Waals surface area contributed by atoms with Gasteiger partial charge in [-0.1, -0.05) is 19.1 Å². The van der Waals surface area contributed by atoms with E-state index in [0.29, 0.717) is 6.04 Å². The van der Waals surface area contributed by atoms with Crippen LogP contribution in [0, 0.1) is 0 Å². The molecule has 0 saturated carbocycles. The number of nitrogens with zero attached hydrogens (tertiary/aromatic N) is 3. The first-order valence-electron chi connectivity index (χ1n) is 7.44. The summed E-state index contributed by atoms with van der Waals surface area (Å²) in [5.74, 6) is 0. The molecule has 3 aromatic rings. The van der Waals surface area contributed by atoms with E-state index in [1.54, 1.807) is 0 Å². The Kier molecular flexibility index (Phi) is 3.80. The summed E-state index contributed by atoms with van der Waals surface area (Å²) in [6, 6.07) is 10.6. The molecule has 4 heteroatoms. The zero-order valence-electron chi connectivity index (χ0n) is 12.5. The zero-order valence-corrected chi connectivity index (χ0v) is 12.5. The Morgan fingerprint density at radius 3 is 2.81 bits per heavy atom. The molecule has 0 aliphatic heterocycles. The van der Waals surface area contributed by atoms with Gasteiger partial charge in [0, 0.05) is 29.3 Å². The minimum atomic E-state index is 0.0734. The van der Waals surface area contributed by atoms with Gasteiger partial charge in [0.2, 0.25) is 0 Å². The molecule has 3 rings (SSSR count). The van der Waals surface area contributed by atoms with Crippen molar-refractivity contribution >= 4 is 10.9 Å². The topological polar surface area (TPSA) is 43.0 Å². The number of aliphatic hydroxyl groups excluding tert-OH is 1. The molecule has 0 amide bonds. The third-order valence-electron chi connectivity index (χ3n) is 4.11. The maximum absolute atomic E-state index is 9.40. The smallest absolute Gasteiger partial charge is 0.0821 e. The molecule has 21 heavy (non-hydrogen) atoms. The maximum Gasteiger partial charge on any atom is 0.0821 e. The van der Waals surface area contributed by atoms with E-state index >= 15 is 0 Å². The maximum atomic E-state index is 9.40. The van der Waals surface area contributed by atoms with Crippen LogP contribution in [0.3, 0.4) is 0 Å². The average Bonchev–Trinajstić information content (AvgIpc) is 3.14. The van der Waals surface area contributed by atoms with E-state index in [0.717, 1.165) is 35.1 Å². The van der Waals surface area contributed by atoms with E-state index < -0.39 is 0 Å². The minimum absolute atomic E-state index is 0.0734. The van der Waals surface area contributed by atoms with Gasteiger partial charge < -0.3 is 9.67 Å². The van der Waals surface area contributed by atoms with Crippen molar-refractivity contribution in [1.29, 1.82) is 0 Å². The van der Waals surface area contributed by atoms with Crippen LogP contribution in [0.2, 0.25) is 0 Å². The normalized spacial score (nSPS) is 12.9. The molecule has 110 valence electrons. The summed E-state index contributed by atoms with van der Waals surface area (Å²) in [5.41, 5.74) is 3.17. The molecule has 0 bridgehead atoms. The summed E-state index contributed by atoms with van der Waals surface area (Å²) in [5, 5.41) is 15.2. The molecule has 0 radical (unpaired) electrons. The first-order valence-corrected chi connectivity index (χ1v) is 7.44. The monoisotopic (exact) mass is 283 g/mol. The first kappa shape index (κ1) is 13.9. The van der Waals surface area contributed by atoms with Crippen LogP contribution in [0.15, 0.2) is 42.7 Å². The third-order valence-corrected chi connectivity index (χ3v) is 4.11. The molecule has 0 saturated heterocycles. The first-order chi connectivity index (χ1) is 10.2. The van der Waals surface area contributed by atoms with Crippen LogP contribution >= 0.6 is 0 Å². The lowest BCUT2D eigenvalue weighted by atomic mass is 10.1. The van der Waals surface area contributed by atoms with Gasteiger partial charge in [-0.25, -0.2) is 0 Å². The Morgan fingerprint density at radius 1 is 1.19 bits per heavy atom. The van der Waals surface area contributed by atoms with E-state index in [1.165, 1.54) is 0 Å². The van der Waals surface area contributed by atoms with Crippen molar-refractivity contribution in [2.24, 2.45) is 0 Å². The fourth-order valence-electron chi connectivity index (χ4n) is 2.63. The predicted octanol–water partition coefficient (Wildman–Crippen LogP) is 3.35. The second-order valence-corrected chi connectivity index (χ2v) is 5.50. The molecule has 2 aromatic heterocycles. The fourth-order valence-corrected chi connectivity index (χ4v) is 2.63. The Bertz CT molecular complexity index is 741. The quantitative estimate of drug-likeness (QED) is 0.780. The molecule has 0 spiro atoms. The van der Waals surface area contributed by atoms with Crippen LogP contribution < -0.4 is 0 Å². The van der Waals surface area contributed by atoms with Crippen molar-refractivity contribution in [2.75, 3.05) is 0 Å². The molecule has 1 aromatic carbocycles. The Morgan fingerprint density at radius 2 is 2.05 bits per heavy atom. The zero-order chi connectivity index (χ0) is 14.8. The average molecular weight is 283 g/mol. The Balaban J connectivity index is 1.90. The highest BCUT2D eigenvalue weighted by atomic mass is 16.3. The second kappa shape index (κ2) is 5.74. The van der Waals surface area contributed by atoms with Gasteiger partial charge in [-0.15, -0.1) is 0 Å². The molecular formula is C17H21N3O. The molecule has 2 heterocycles. The summed E-state index contributed by atoms with van der Waals surface area (Å²) in [7, 11) is 0. The lowest BCUT2D eigenvalue weighted by Crippen LogP contribution is -2.06. The second-order valence-electron chi connectivity index (χ2n) is 5.50. The van der Waals surface area contributed by atoms with Gasteiger partial charge in [-0.05, 0) is 37.1 Å². The summed E-state index contributed by atoms with van der Waals surface area (Å²) in [6.45, 7) is 5.17. The van der Waals surface area contributed by atoms with E-state index in [2.05, 4.69) is 47.9 Å². The number of hydrogen-bond acceptors (Lipinski definition) is 2. The lowest BCUT2D eigenvalue weighted by molar-refractivity contribution is 0.283. The van der Waals surface area contributed by atoms with E-state index in [-0.39, 0.29) is 6.61 Å². The van der Waals surface area contributed by atoms with Crippen LogP contribution in [0.1, 0.15) is 37.6 Å². The molecule has 0 aliphatic rings. The Labute approximate surface area is 124 Å². The highest BCUT2D eigenvalue weighted by Crippen LogP contribution is 2.21. The molecule has 1 atom stereocenters. The van der Waals surface area contributed by atoms with Gasteiger partial charge in [0.05, 0.1) is 18.8 Å². The summed E-state index contributed by atoms with van der Waals surface area (Å²) < 4.78 is 4.21. The van der Waals surface area contributed by atoms with Crippen molar-refractivity contribution < 1.29 is 5.11 Å². The highest BCUT2D eigenvalue weighted by Gasteiger charge is 2.08. The van der Waals surface area contributed by atoms with Gasteiger partial charge in [0.1, 0.15) is 0 Å². The summed E-state index contributed by atoms with van der Waals surface area (Å²) in [4.78, 5) is 0. The number of benzene rings is 1. The van der Waals surface area contributed by atoms with Crippen LogP contribution in [0.25, 0.3) is 10.9 Å². The summed E-state index contributed by atoms with van der Waals surface area (Å²) >= 11 is 0. The molecule has 0 fully saturated rings. The number of fused-ring (bicyclic) bond motifs is 1. The van der Waals surface area contributed by atoms with Gasteiger partial charge in [0.25, 0.3) is 0 Å².